The van der Waals surface area contributed by atoms with Crippen LogP contribution in [-0.4, -0.2) is 54.2 Å². The second-order valence-corrected chi connectivity index (χ2v) is 19.1. The smallest absolute Gasteiger partial charge is 0.261 e. The summed E-state index contributed by atoms with van der Waals surface area (Å²) in [6.07, 6.45) is 0.804. The molecule has 0 spiro atoms. The van der Waals surface area contributed by atoms with Crippen LogP contribution in [0.5, 0.6) is 5.75 Å². The minimum absolute atomic E-state index is 0.150. The summed E-state index contributed by atoms with van der Waals surface area (Å²) >= 11 is 0. The molecule has 2 saturated heterocycles. The summed E-state index contributed by atoms with van der Waals surface area (Å²) in [5, 5.41) is 26.9. The first-order valence-corrected chi connectivity index (χ1v) is 19.1. The van der Waals surface area contributed by atoms with Crippen molar-refractivity contribution in [3.05, 3.63) is 103 Å². The van der Waals surface area contributed by atoms with Gasteiger partial charge in [-0.25, -0.2) is 0 Å². The molecule has 2 heterocycles. The zero-order valence-corrected chi connectivity index (χ0v) is 29.1. The van der Waals surface area contributed by atoms with Gasteiger partial charge in [0.2, 0.25) is 11.8 Å². The van der Waals surface area contributed by atoms with E-state index in [1.54, 1.807) is 6.07 Å². The van der Waals surface area contributed by atoms with Crippen LogP contribution < -0.4 is 10.4 Å². The number of fused-ring (bicyclic) bond motifs is 4. The van der Waals surface area contributed by atoms with Crippen LogP contribution in [0, 0.1) is 23.7 Å². The Labute approximate surface area is 283 Å². The molecule has 48 heavy (non-hydrogen) atoms. The first-order chi connectivity index (χ1) is 23.0. The van der Waals surface area contributed by atoms with Gasteiger partial charge in [-0.15, -0.1) is 0 Å². The second kappa shape index (κ2) is 12.3. The third-order valence-electron chi connectivity index (χ3n) is 11.1. The Balaban J connectivity index is 1.32. The maximum Gasteiger partial charge on any atom is 0.261 e. The molecular formula is C40H45NO6Si. The highest BCUT2D eigenvalue weighted by atomic mass is 28.4. The van der Waals surface area contributed by atoms with E-state index in [9.17, 15) is 19.8 Å². The van der Waals surface area contributed by atoms with E-state index in [2.05, 4.69) is 45.0 Å². The first-order valence-electron chi connectivity index (χ1n) is 17.2. The van der Waals surface area contributed by atoms with Crippen LogP contribution >= 0.6 is 0 Å². The number of benzene rings is 4. The van der Waals surface area contributed by atoms with E-state index in [4.69, 9.17) is 9.16 Å². The number of phenols is 1. The number of likely N-dealkylation sites (tertiary alicyclic amines) is 1. The minimum Gasteiger partial charge on any atom is -0.507 e. The standard InChI is InChI=1S/C40H45NO6Si/c1-5-22-41-37(43)32-23-26(25-46-48(39(2,3)4,27-14-8-6-9-15-27)28-16-10-7-11-17-28)40(45)33(36(32)38(41)44)24-35(47-40)31-20-21-34(42)30-19-13-12-18-29(30)31/h6-21,26,32-33,35-36,42,45H,5,22-25H2,1-4H3/t26-,32+,33+,35+,36+,40-/m1/s1. The number of aromatic hydroxyl groups is 1. The summed E-state index contributed by atoms with van der Waals surface area (Å²) in [4.78, 5) is 29.2. The summed E-state index contributed by atoms with van der Waals surface area (Å²) < 4.78 is 14.1. The molecule has 3 fully saturated rings. The Kier molecular flexibility index (Phi) is 8.35. The Bertz CT molecular complexity index is 1780. The van der Waals surface area contributed by atoms with Gasteiger partial charge in [-0.2, -0.15) is 0 Å². The fourth-order valence-corrected chi connectivity index (χ4v) is 13.6. The molecule has 4 aromatic rings. The monoisotopic (exact) mass is 663 g/mol. The predicted octanol–water partition coefficient (Wildman–Crippen LogP) is 5.92. The number of hydrogen-bond donors (Lipinski definition) is 2. The average molecular weight is 664 g/mol. The van der Waals surface area contributed by atoms with E-state index < -0.39 is 43.9 Å². The molecule has 1 saturated carbocycles. The van der Waals surface area contributed by atoms with Gasteiger partial charge in [-0.3, -0.25) is 14.5 Å². The molecule has 3 aliphatic rings. The number of amides is 2. The van der Waals surface area contributed by atoms with Gasteiger partial charge in [0.15, 0.2) is 5.79 Å². The lowest BCUT2D eigenvalue weighted by molar-refractivity contribution is -0.273. The van der Waals surface area contributed by atoms with Gasteiger partial charge in [-0.1, -0.05) is 119 Å². The third kappa shape index (κ3) is 5.03. The van der Waals surface area contributed by atoms with Crippen LogP contribution in [0.15, 0.2) is 97.1 Å². The van der Waals surface area contributed by atoms with Crippen molar-refractivity contribution in [1.82, 2.24) is 4.90 Å². The highest BCUT2D eigenvalue weighted by Crippen LogP contribution is 2.59. The Hall–Kier alpha value is -3.82. The summed E-state index contributed by atoms with van der Waals surface area (Å²) in [5.74, 6) is -4.24. The van der Waals surface area contributed by atoms with E-state index in [-0.39, 0.29) is 29.2 Å². The Morgan fingerprint density at radius 1 is 0.854 bits per heavy atom. The maximum atomic E-state index is 13.9. The maximum absolute atomic E-state index is 13.9. The van der Waals surface area contributed by atoms with Gasteiger partial charge in [0.25, 0.3) is 8.32 Å². The van der Waals surface area contributed by atoms with Crippen LogP contribution in [0.25, 0.3) is 10.8 Å². The molecule has 2 aliphatic heterocycles. The second-order valence-electron chi connectivity index (χ2n) is 14.8. The van der Waals surface area contributed by atoms with Gasteiger partial charge in [0, 0.05) is 30.4 Å². The molecule has 2 N–H and O–H groups in total. The van der Waals surface area contributed by atoms with E-state index in [1.165, 1.54) is 4.90 Å². The van der Waals surface area contributed by atoms with Crippen LogP contribution in [0.2, 0.25) is 5.04 Å². The molecule has 0 unspecified atom stereocenters. The molecule has 7 rings (SSSR count). The zero-order chi connectivity index (χ0) is 33.8. The fraction of sp³-hybridized carbons (Fsp3) is 0.400. The average Bonchev–Trinajstić information content (AvgIpc) is 3.55. The minimum atomic E-state index is -2.98. The van der Waals surface area contributed by atoms with Crippen molar-refractivity contribution in [2.24, 2.45) is 23.7 Å². The molecule has 250 valence electrons. The van der Waals surface area contributed by atoms with Crippen molar-refractivity contribution in [3.63, 3.8) is 0 Å². The molecule has 4 aromatic carbocycles. The van der Waals surface area contributed by atoms with Gasteiger partial charge in [0.1, 0.15) is 5.75 Å². The van der Waals surface area contributed by atoms with Crippen molar-refractivity contribution in [2.45, 2.75) is 63.9 Å². The van der Waals surface area contributed by atoms with Crippen molar-refractivity contribution >= 4 is 41.3 Å². The summed E-state index contributed by atoms with van der Waals surface area (Å²) in [5.41, 5.74) is 0.844. The summed E-state index contributed by atoms with van der Waals surface area (Å²) in [7, 11) is -2.98. The number of rotatable bonds is 8. The lowest BCUT2D eigenvalue weighted by atomic mass is 9.64. The largest absolute Gasteiger partial charge is 0.507 e. The third-order valence-corrected chi connectivity index (χ3v) is 16.1. The van der Waals surface area contributed by atoms with Crippen LogP contribution in [0.3, 0.4) is 0 Å². The molecule has 7 nitrogen and oxygen atoms in total. The number of aliphatic hydroxyl groups is 1. The molecule has 0 bridgehead atoms. The fourth-order valence-electron chi connectivity index (χ4n) is 8.95. The summed E-state index contributed by atoms with van der Waals surface area (Å²) in [6.45, 7) is 9.14. The Morgan fingerprint density at radius 2 is 1.46 bits per heavy atom. The number of phenolic OH excluding ortho intramolecular Hbond substituents is 1. The quantitative estimate of drug-likeness (QED) is 0.180. The number of hydrogen-bond acceptors (Lipinski definition) is 6. The molecular weight excluding hydrogens is 619 g/mol. The number of carbonyl (C=O) groups is 2. The topological polar surface area (TPSA) is 96.3 Å². The van der Waals surface area contributed by atoms with E-state index in [0.29, 0.717) is 31.2 Å². The highest BCUT2D eigenvalue weighted by Gasteiger charge is 2.67. The van der Waals surface area contributed by atoms with Crippen molar-refractivity contribution in [1.29, 1.82) is 0 Å². The van der Waals surface area contributed by atoms with Crippen molar-refractivity contribution in [3.8, 4) is 5.75 Å². The summed E-state index contributed by atoms with van der Waals surface area (Å²) in [6, 6.07) is 31.9. The number of carbonyl (C=O) groups excluding carboxylic acids is 2. The number of ether oxygens (including phenoxy) is 1. The van der Waals surface area contributed by atoms with Crippen molar-refractivity contribution in [2.75, 3.05) is 13.2 Å². The van der Waals surface area contributed by atoms with Crippen molar-refractivity contribution < 1.29 is 29.0 Å². The van der Waals surface area contributed by atoms with Gasteiger partial charge >= 0.3 is 0 Å². The van der Waals surface area contributed by atoms with E-state index in [1.807, 2.05) is 73.7 Å². The molecule has 0 radical (unpaired) electrons. The molecule has 6 atom stereocenters. The molecule has 0 aromatic heterocycles. The molecule has 8 heteroatoms. The van der Waals surface area contributed by atoms with E-state index >= 15 is 0 Å². The van der Waals surface area contributed by atoms with Gasteiger partial charge in [-0.05, 0) is 51.7 Å². The molecule has 1 aliphatic carbocycles. The lowest BCUT2D eigenvalue weighted by Crippen LogP contribution is -2.67. The normalized spacial score (nSPS) is 27.4. The number of imide groups is 1. The lowest BCUT2D eigenvalue weighted by Gasteiger charge is -2.48. The predicted molar refractivity (Wildman–Crippen MR) is 188 cm³/mol. The molecule has 2 amide bonds. The van der Waals surface area contributed by atoms with Crippen LogP contribution in [0.4, 0.5) is 0 Å². The van der Waals surface area contributed by atoms with Crippen LogP contribution in [-0.2, 0) is 18.8 Å². The first kappa shape index (κ1) is 32.7. The highest BCUT2D eigenvalue weighted by molar-refractivity contribution is 6.99. The van der Waals surface area contributed by atoms with Crippen LogP contribution in [0.1, 0.15) is 58.6 Å². The number of nitrogens with zero attached hydrogens (tertiary/aromatic N) is 1. The Morgan fingerprint density at radius 3 is 2.06 bits per heavy atom. The zero-order valence-electron chi connectivity index (χ0n) is 28.1. The van der Waals surface area contributed by atoms with E-state index in [0.717, 1.165) is 21.3 Å². The SMILES string of the molecule is CCCN1C(=O)[C@H]2[C@H](C[C@H](CO[Si](c3ccccc3)(c3ccccc3)C(C)(C)C)[C@@]3(O)O[C@H](c4ccc(O)c5ccccc45)C[C@@H]23)C1=O. The van der Waals surface area contributed by atoms with Gasteiger partial charge < -0.3 is 19.4 Å². The van der Waals surface area contributed by atoms with Gasteiger partial charge in [0.05, 0.1) is 17.9 Å².